The number of rotatable bonds is 4. The van der Waals surface area contributed by atoms with Gasteiger partial charge >= 0.3 is 0 Å². The van der Waals surface area contributed by atoms with Crippen molar-refractivity contribution in [1.29, 1.82) is 0 Å². The van der Waals surface area contributed by atoms with Crippen LogP contribution in [0.15, 0.2) is 42.7 Å². The third kappa shape index (κ3) is 3.69. The molecule has 0 atom stereocenters. The molecule has 7 heteroatoms. The summed E-state index contributed by atoms with van der Waals surface area (Å²) in [5.41, 5.74) is 3.50. The summed E-state index contributed by atoms with van der Waals surface area (Å²) in [4.78, 5) is 19.8. The van der Waals surface area contributed by atoms with Gasteiger partial charge in [0.25, 0.3) is 0 Å². The standard InChI is InChI=1S/C21H23ClN4O.ClH/c1-24-9-8-18-20(24)19(15-6-10-26(14-27)11-7-15)13-23-21(18)25(2)17-5-3-4-16(22)12-17;/h3-5,8-9,12-15H,6-7,10-11H2,1-2H3;1H. The van der Waals surface area contributed by atoms with Gasteiger partial charge in [0.15, 0.2) is 0 Å². The van der Waals surface area contributed by atoms with Gasteiger partial charge in [-0.1, -0.05) is 17.7 Å². The van der Waals surface area contributed by atoms with Crippen LogP contribution in [0.5, 0.6) is 0 Å². The Morgan fingerprint density at radius 1 is 1.25 bits per heavy atom. The van der Waals surface area contributed by atoms with Crippen molar-refractivity contribution in [2.45, 2.75) is 18.8 Å². The Labute approximate surface area is 176 Å². The molecule has 4 rings (SSSR count). The van der Waals surface area contributed by atoms with Crippen LogP contribution in [0.1, 0.15) is 24.3 Å². The number of likely N-dealkylation sites (tertiary alicyclic amines) is 1. The third-order valence-corrected chi connectivity index (χ3v) is 5.78. The molecule has 0 N–H and O–H groups in total. The number of nitrogens with zero attached hydrogens (tertiary/aromatic N) is 4. The lowest BCUT2D eigenvalue weighted by atomic mass is 9.89. The number of halogens is 2. The number of aromatic nitrogens is 2. The number of benzene rings is 1. The van der Waals surface area contributed by atoms with E-state index in [9.17, 15) is 4.79 Å². The predicted octanol–water partition coefficient (Wildman–Crippen LogP) is 4.75. The van der Waals surface area contributed by atoms with Crippen molar-refractivity contribution in [2.24, 2.45) is 7.05 Å². The molecule has 28 heavy (non-hydrogen) atoms. The Bertz CT molecular complexity index is 980. The topological polar surface area (TPSA) is 41.4 Å². The molecule has 5 nitrogen and oxygen atoms in total. The number of hydrogen-bond acceptors (Lipinski definition) is 3. The molecule has 0 aliphatic carbocycles. The van der Waals surface area contributed by atoms with Crippen molar-refractivity contribution in [2.75, 3.05) is 25.0 Å². The maximum atomic E-state index is 11.0. The van der Waals surface area contributed by atoms with Gasteiger partial charge in [0.2, 0.25) is 6.41 Å². The smallest absolute Gasteiger partial charge is 0.209 e. The van der Waals surface area contributed by atoms with E-state index in [2.05, 4.69) is 28.8 Å². The number of amides is 1. The molecule has 1 aliphatic rings. The van der Waals surface area contributed by atoms with E-state index in [-0.39, 0.29) is 12.4 Å². The number of aryl methyl sites for hydroxylation is 1. The molecule has 2 aromatic heterocycles. The normalized spacial score (nSPS) is 14.8. The first-order valence-corrected chi connectivity index (χ1v) is 9.59. The summed E-state index contributed by atoms with van der Waals surface area (Å²) >= 11 is 6.17. The van der Waals surface area contributed by atoms with Crippen molar-refractivity contribution in [3.63, 3.8) is 0 Å². The van der Waals surface area contributed by atoms with Crippen LogP contribution >= 0.6 is 24.0 Å². The maximum Gasteiger partial charge on any atom is 0.209 e. The van der Waals surface area contributed by atoms with Gasteiger partial charge in [-0.3, -0.25) is 4.79 Å². The van der Waals surface area contributed by atoms with Gasteiger partial charge in [-0.25, -0.2) is 4.98 Å². The molecule has 1 amide bonds. The highest BCUT2D eigenvalue weighted by molar-refractivity contribution is 6.30. The van der Waals surface area contributed by atoms with E-state index in [4.69, 9.17) is 16.6 Å². The van der Waals surface area contributed by atoms with E-state index in [0.717, 1.165) is 49.2 Å². The molecule has 3 heterocycles. The van der Waals surface area contributed by atoms with Crippen LogP contribution in [-0.2, 0) is 11.8 Å². The average molecular weight is 419 g/mol. The monoisotopic (exact) mass is 418 g/mol. The minimum absolute atomic E-state index is 0. The first kappa shape index (κ1) is 20.5. The van der Waals surface area contributed by atoms with Crippen LogP contribution < -0.4 is 4.90 Å². The summed E-state index contributed by atoms with van der Waals surface area (Å²) < 4.78 is 2.17. The van der Waals surface area contributed by atoms with E-state index in [1.807, 2.05) is 42.4 Å². The zero-order valence-electron chi connectivity index (χ0n) is 16.0. The molecule has 0 spiro atoms. The Kier molecular flexibility index (Phi) is 6.16. The molecule has 0 unspecified atom stereocenters. The quantitative estimate of drug-likeness (QED) is 0.573. The van der Waals surface area contributed by atoms with Crippen LogP contribution in [0.3, 0.4) is 0 Å². The van der Waals surface area contributed by atoms with Gasteiger partial charge in [-0.15, -0.1) is 12.4 Å². The second-order valence-electron chi connectivity index (χ2n) is 7.18. The molecule has 1 aliphatic heterocycles. The zero-order chi connectivity index (χ0) is 19.0. The van der Waals surface area contributed by atoms with E-state index < -0.39 is 0 Å². The molecule has 0 saturated carbocycles. The van der Waals surface area contributed by atoms with Crippen molar-refractivity contribution < 1.29 is 4.79 Å². The van der Waals surface area contributed by atoms with E-state index in [1.54, 1.807) is 0 Å². The van der Waals surface area contributed by atoms with E-state index >= 15 is 0 Å². The highest BCUT2D eigenvalue weighted by Crippen LogP contribution is 2.37. The number of piperidine rings is 1. The molecular formula is C21H24Cl2N4O. The number of pyridine rings is 1. The van der Waals surface area contributed by atoms with E-state index in [1.165, 1.54) is 11.1 Å². The molecule has 0 radical (unpaired) electrons. The minimum atomic E-state index is 0. The van der Waals surface area contributed by atoms with Crippen molar-refractivity contribution in [3.8, 4) is 0 Å². The number of anilines is 2. The number of hydrogen-bond donors (Lipinski definition) is 0. The highest BCUT2D eigenvalue weighted by Gasteiger charge is 2.24. The Balaban J connectivity index is 0.00000225. The van der Waals surface area contributed by atoms with E-state index in [0.29, 0.717) is 10.9 Å². The van der Waals surface area contributed by atoms with Crippen LogP contribution in [0.4, 0.5) is 11.5 Å². The summed E-state index contributed by atoms with van der Waals surface area (Å²) in [5, 5.41) is 1.84. The molecule has 1 fully saturated rings. The van der Waals surface area contributed by atoms with Gasteiger partial charge < -0.3 is 14.4 Å². The average Bonchev–Trinajstić information content (AvgIpc) is 3.09. The van der Waals surface area contributed by atoms with Crippen molar-refractivity contribution in [1.82, 2.24) is 14.5 Å². The minimum Gasteiger partial charge on any atom is -0.350 e. The fraction of sp³-hybridized carbons (Fsp3) is 0.333. The van der Waals surface area contributed by atoms with Gasteiger partial charge in [0, 0.05) is 55.7 Å². The predicted molar refractivity (Wildman–Crippen MR) is 117 cm³/mol. The van der Waals surface area contributed by atoms with Crippen LogP contribution in [0, 0.1) is 0 Å². The Hall–Kier alpha value is -2.24. The summed E-state index contributed by atoms with van der Waals surface area (Å²) in [7, 11) is 4.10. The van der Waals surface area contributed by atoms with Gasteiger partial charge in [-0.05, 0) is 48.6 Å². The Morgan fingerprint density at radius 2 is 2.00 bits per heavy atom. The Morgan fingerprint density at radius 3 is 2.68 bits per heavy atom. The summed E-state index contributed by atoms with van der Waals surface area (Å²) in [6.07, 6.45) is 7.01. The first-order valence-electron chi connectivity index (χ1n) is 9.21. The molecule has 1 saturated heterocycles. The van der Waals surface area contributed by atoms with Gasteiger partial charge in [-0.2, -0.15) is 0 Å². The lowest BCUT2D eigenvalue weighted by Gasteiger charge is -2.30. The number of carbonyl (C=O) groups is 1. The second kappa shape index (κ2) is 8.41. The fourth-order valence-electron chi connectivity index (χ4n) is 4.02. The summed E-state index contributed by atoms with van der Waals surface area (Å²) in [6.45, 7) is 1.62. The lowest BCUT2D eigenvalue weighted by Crippen LogP contribution is -2.31. The second-order valence-corrected chi connectivity index (χ2v) is 7.62. The lowest BCUT2D eigenvalue weighted by molar-refractivity contribution is -0.119. The van der Waals surface area contributed by atoms with Crippen LogP contribution in [-0.4, -0.2) is 41.0 Å². The molecule has 1 aromatic carbocycles. The molecule has 148 valence electrons. The van der Waals surface area contributed by atoms with Gasteiger partial charge in [0.1, 0.15) is 5.82 Å². The summed E-state index contributed by atoms with van der Waals surface area (Å²) in [6, 6.07) is 9.93. The first-order chi connectivity index (χ1) is 13.1. The zero-order valence-corrected chi connectivity index (χ0v) is 17.6. The fourth-order valence-corrected chi connectivity index (χ4v) is 4.20. The van der Waals surface area contributed by atoms with Crippen molar-refractivity contribution in [3.05, 3.63) is 53.3 Å². The largest absolute Gasteiger partial charge is 0.350 e. The molecule has 0 bridgehead atoms. The maximum absolute atomic E-state index is 11.0. The van der Waals surface area contributed by atoms with Gasteiger partial charge in [0.05, 0.1) is 5.52 Å². The molecular weight excluding hydrogens is 395 g/mol. The summed E-state index contributed by atoms with van der Waals surface area (Å²) in [5.74, 6) is 1.34. The number of carbonyl (C=O) groups excluding carboxylic acids is 1. The number of fused-ring (bicyclic) bond motifs is 1. The van der Waals surface area contributed by atoms with Crippen LogP contribution in [0.25, 0.3) is 10.9 Å². The SMILES string of the molecule is CN(c1cccc(Cl)c1)c1ncc(C2CCN(C=O)CC2)c2c1ccn2C.Cl. The highest BCUT2D eigenvalue weighted by atomic mass is 35.5. The van der Waals surface area contributed by atoms with Crippen molar-refractivity contribution >= 4 is 52.8 Å². The molecule has 3 aromatic rings. The van der Waals surface area contributed by atoms with Crippen LogP contribution in [0.2, 0.25) is 5.02 Å². The third-order valence-electron chi connectivity index (χ3n) is 5.54.